The number of amides is 1. The molecule has 2 N–H and O–H groups in total. The second-order valence-corrected chi connectivity index (χ2v) is 7.18. The standard InChI is InChI=1S/C15H23N5OS.HI/c1-11-12(22-10-19-11)7-17-14(16-2)20-5-3-4-15(9-20)6-13(21)18-8-15;/h10H,3-9H2,1-2H3,(H,16,17)(H,18,21);1H. The fraction of sp³-hybridized carbons (Fsp3) is 0.667. The van der Waals surface area contributed by atoms with Crippen LogP contribution in [0.5, 0.6) is 0 Å². The number of aromatic nitrogens is 1. The molecule has 23 heavy (non-hydrogen) atoms. The Kier molecular flexibility index (Phi) is 6.24. The molecule has 2 aliphatic rings. The third-order valence-corrected chi connectivity index (χ3v) is 5.56. The Balaban J connectivity index is 0.00000192. The monoisotopic (exact) mass is 449 g/mol. The molecule has 3 heterocycles. The maximum atomic E-state index is 11.6. The molecule has 2 saturated heterocycles. The molecule has 2 aliphatic heterocycles. The molecule has 0 aliphatic carbocycles. The highest BCUT2D eigenvalue weighted by Crippen LogP contribution is 2.36. The predicted molar refractivity (Wildman–Crippen MR) is 103 cm³/mol. The van der Waals surface area contributed by atoms with Crippen molar-refractivity contribution in [3.63, 3.8) is 0 Å². The Morgan fingerprint density at radius 2 is 2.43 bits per heavy atom. The SMILES string of the molecule is CN=C(NCc1scnc1C)N1CCCC2(CNC(=O)C2)C1.I. The summed E-state index contributed by atoms with van der Waals surface area (Å²) in [7, 11) is 1.82. The molecule has 128 valence electrons. The number of piperidine rings is 1. The highest BCUT2D eigenvalue weighted by atomic mass is 127. The summed E-state index contributed by atoms with van der Waals surface area (Å²) in [5, 5.41) is 6.43. The molecule has 1 unspecified atom stereocenters. The number of hydrogen-bond donors (Lipinski definition) is 2. The predicted octanol–water partition coefficient (Wildman–Crippen LogP) is 1.75. The maximum Gasteiger partial charge on any atom is 0.220 e. The van der Waals surface area contributed by atoms with E-state index < -0.39 is 0 Å². The van der Waals surface area contributed by atoms with Crippen molar-refractivity contribution >= 4 is 47.2 Å². The number of thiazole rings is 1. The molecular formula is C15H24IN5OS. The minimum Gasteiger partial charge on any atom is -0.355 e. The van der Waals surface area contributed by atoms with Crippen molar-refractivity contribution in [3.05, 3.63) is 16.1 Å². The third-order valence-electron chi connectivity index (χ3n) is 4.62. The van der Waals surface area contributed by atoms with Crippen LogP contribution in [0.3, 0.4) is 0 Å². The van der Waals surface area contributed by atoms with E-state index in [1.807, 2.05) is 19.5 Å². The number of hydrogen-bond acceptors (Lipinski definition) is 4. The van der Waals surface area contributed by atoms with Crippen molar-refractivity contribution in [2.24, 2.45) is 10.4 Å². The number of aryl methyl sites for hydroxylation is 1. The lowest BCUT2D eigenvalue weighted by Crippen LogP contribution is -2.51. The lowest BCUT2D eigenvalue weighted by molar-refractivity contribution is -0.119. The van der Waals surface area contributed by atoms with Crippen molar-refractivity contribution < 1.29 is 4.79 Å². The first-order valence-electron chi connectivity index (χ1n) is 7.73. The Labute approximate surface area is 158 Å². The van der Waals surface area contributed by atoms with Crippen LogP contribution in [-0.4, -0.2) is 48.4 Å². The number of nitrogens with zero attached hydrogens (tertiary/aromatic N) is 3. The molecule has 1 spiro atoms. The largest absolute Gasteiger partial charge is 0.355 e. The number of rotatable bonds is 2. The molecule has 1 amide bonds. The van der Waals surface area contributed by atoms with E-state index in [9.17, 15) is 4.79 Å². The van der Waals surface area contributed by atoms with E-state index in [0.717, 1.165) is 50.7 Å². The van der Waals surface area contributed by atoms with Gasteiger partial charge in [-0.2, -0.15) is 0 Å². The second-order valence-electron chi connectivity index (χ2n) is 6.24. The number of nitrogens with one attached hydrogen (secondary N) is 2. The maximum absolute atomic E-state index is 11.6. The summed E-state index contributed by atoms with van der Waals surface area (Å²) in [6.07, 6.45) is 2.87. The fourth-order valence-corrected chi connectivity index (χ4v) is 4.13. The van der Waals surface area contributed by atoms with Gasteiger partial charge in [0, 0.05) is 43.4 Å². The number of likely N-dealkylation sites (tertiary alicyclic amines) is 1. The Morgan fingerprint density at radius 1 is 1.61 bits per heavy atom. The van der Waals surface area contributed by atoms with Gasteiger partial charge in [0.25, 0.3) is 0 Å². The van der Waals surface area contributed by atoms with E-state index in [4.69, 9.17) is 0 Å². The van der Waals surface area contributed by atoms with Gasteiger partial charge in [-0.15, -0.1) is 35.3 Å². The number of guanidine groups is 1. The van der Waals surface area contributed by atoms with Crippen molar-refractivity contribution in [2.75, 3.05) is 26.7 Å². The Bertz CT molecular complexity index is 590. The quantitative estimate of drug-likeness (QED) is 0.410. The highest BCUT2D eigenvalue weighted by molar-refractivity contribution is 14.0. The molecule has 1 aromatic rings. The molecule has 2 fully saturated rings. The summed E-state index contributed by atoms with van der Waals surface area (Å²) in [6.45, 7) is 5.48. The smallest absolute Gasteiger partial charge is 0.220 e. The molecule has 1 atom stereocenters. The third kappa shape index (κ3) is 4.14. The first-order valence-corrected chi connectivity index (χ1v) is 8.61. The van der Waals surface area contributed by atoms with Crippen LogP contribution in [-0.2, 0) is 11.3 Å². The van der Waals surface area contributed by atoms with Gasteiger partial charge in [-0.05, 0) is 19.8 Å². The second kappa shape index (κ2) is 7.78. The van der Waals surface area contributed by atoms with E-state index in [0.29, 0.717) is 6.42 Å². The van der Waals surface area contributed by atoms with Gasteiger partial charge in [0.1, 0.15) is 0 Å². The number of carbonyl (C=O) groups excluding carboxylic acids is 1. The van der Waals surface area contributed by atoms with E-state index >= 15 is 0 Å². The van der Waals surface area contributed by atoms with Crippen molar-refractivity contribution in [2.45, 2.75) is 32.7 Å². The number of halogens is 1. The van der Waals surface area contributed by atoms with Crippen molar-refractivity contribution in [1.82, 2.24) is 20.5 Å². The minimum atomic E-state index is 0. The van der Waals surface area contributed by atoms with E-state index in [-0.39, 0.29) is 35.3 Å². The average Bonchev–Trinajstić information content (AvgIpc) is 3.07. The van der Waals surface area contributed by atoms with Crippen LogP contribution < -0.4 is 10.6 Å². The zero-order chi connectivity index (χ0) is 15.6. The number of carbonyl (C=O) groups is 1. The number of aliphatic imine (C=N–C) groups is 1. The lowest BCUT2D eigenvalue weighted by atomic mass is 9.79. The minimum absolute atomic E-state index is 0. The molecule has 0 aromatic carbocycles. The summed E-state index contributed by atoms with van der Waals surface area (Å²) in [5.74, 6) is 1.11. The van der Waals surface area contributed by atoms with Crippen molar-refractivity contribution in [3.8, 4) is 0 Å². The van der Waals surface area contributed by atoms with Crippen LogP contribution in [0.4, 0.5) is 0 Å². The Hall–Kier alpha value is -0.900. The van der Waals surface area contributed by atoms with Gasteiger partial charge in [-0.3, -0.25) is 9.79 Å². The zero-order valence-corrected chi connectivity index (χ0v) is 16.7. The average molecular weight is 449 g/mol. The van der Waals surface area contributed by atoms with Crippen molar-refractivity contribution in [1.29, 1.82) is 0 Å². The van der Waals surface area contributed by atoms with Crippen LogP contribution >= 0.6 is 35.3 Å². The van der Waals surface area contributed by atoms with Gasteiger partial charge in [-0.1, -0.05) is 0 Å². The first-order chi connectivity index (χ1) is 10.6. The van der Waals surface area contributed by atoms with Crippen LogP contribution in [0.15, 0.2) is 10.5 Å². The summed E-state index contributed by atoms with van der Waals surface area (Å²) >= 11 is 1.67. The molecule has 0 bridgehead atoms. The summed E-state index contributed by atoms with van der Waals surface area (Å²) in [5.41, 5.74) is 3.04. The topological polar surface area (TPSA) is 69.6 Å². The highest BCUT2D eigenvalue weighted by Gasteiger charge is 2.42. The fourth-order valence-electron chi connectivity index (χ4n) is 3.42. The van der Waals surface area contributed by atoms with E-state index in [1.165, 1.54) is 4.88 Å². The summed E-state index contributed by atoms with van der Waals surface area (Å²) in [6, 6.07) is 0. The van der Waals surface area contributed by atoms with Crippen LogP contribution in [0.25, 0.3) is 0 Å². The van der Waals surface area contributed by atoms with Gasteiger partial charge >= 0.3 is 0 Å². The molecule has 3 rings (SSSR count). The molecule has 1 aromatic heterocycles. The Morgan fingerprint density at radius 3 is 3.04 bits per heavy atom. The van der Waals surface area contributed by atoms with E-state index in [1.54, 1.807) is 11.3 Å². The van der Waals surface area contributed by atoms with Gasteiger partial charge in [-0.25, -0.2) is 4.98 Å². The molecular weight excluding hydrogens is 425 g/mol. The summed E-state index contributed by atoms with van der Waals surface area (Å²) in [4.78, 5) is 23.8. The molecule has 0 saturated carbocycles. The van der Waals surface area contributed by atoms with Crippen LogP contribution in [0.2, 0.25) is 0 Å². The first kappa shape index (κ1) is 18.4. The zero-order valence-electron chi connectivity index (χ0n) is 13.6. The van der Waals surface area contributed by atoms with E-state index in [2.05, 4.69) is 25.5 Å². The molecule has 6 nitrogen and oxygen atoms in total. The van der Waals surface area contributed by atoms with Crippen LogP contribution in [0, 0.1) is 12.3 Å². The van der Waals surface area contributed by atoms with Gasteiger partial charge in [0.2, 0.25) is 5.91 Å². The summed E-state index contributed by atoms with van der Waals surface area (Å²) < 4.78 is 0. The van der Waals surface area contributed by atoms with Crippen LogP contribution in [0.1, 0.15) is 29.8 Å². The van der Waals surface area contributed by atoms with Gasteiger partial charge in [0.15, 0.2) is 5.96 Å². The normalized spacial score (nSPS) is 24.5. The lowest BCUT2D eigenvalue weighted by Gasteiger charge is -2.40. The van der Waals surface area contributed by atoms with Gasteiger partial charge < -0.3 is 15.5 Å². The van der Waals surface area contributed by atoms with Gasteiger partial charge in [0.05, 0.1) is 17.7 Å². The molecule has 0 radical (unpaired) electrons. The molecule has 8 heteroatoms.